The summed E-state index contributed by atoms with van der Waals surface area (Å²) >= 11 is 0. The summed E-state index contributed by atoms with van der Waals surface area (Å²) in [7, 11) is 0. The fourth-order valence-electron chi connectivity index (χ4n) is 2.82. The number of benzene rings is 1. The zero-order valence-corrected chi connectivity index (χ0v) is 14.1. The number of hydrogen-bond acceptors (Lipinski definition) is 4. The van der Waals surface area contributed by atoms with Crippen molar-refractivity contribution in [3.63, 3.8) is 0 Å². The standard InChI is InChI=1S/C18H21FN4O2/c1-2-20-18(24)23-9-8-13(11-23)12-25-17-7-6-16(21-22-17)14-4-3-5-15(19)10-14/h3-7,10,13H,2,8-9,11-12H2,1H3,(H,20,24). The predicted molar refractivity (Wildman–Crippen MR) is 91.7 cm³/mol. The van der Waals surface area contributed by atoms with Crippen molar-refractivity contribution in [2.24, 2.45) is 5.92 Å². The Morgan fingerprint density at radius 3 is 2.96 bits per heavy atom. The van der Waals surface area contributed by atoms with Gasteiger partial charge in [0.15, 0.2) is 0 Å². The first-order valence-corrected chi connectivity index (χ1v) is 8.41. The number of nitrogens with zero attached hydrogens (tertiary/aromatic N) is 3. The number of urea groups is 1. The number of hydrogen-bond donors (Lipinski definition) is 1. The highest BCUT2D eigenvalue weighted by atomic mass is 19.1. The number of nitrogens with one attached hydrogen (secondary N) is 1. The zero-order valence-electron chi connectivity index (χ0n) is 14.1. The van der Waals surface area contributed by atoms with E-state index in [2.05, 4.69) is 15.5 Å². The van der Waals surface area contributed by atoms with Crippen LogP contribution >= 0.6 is 0 Å². The summed E-state index contributed by atoms with van der Waals surface area (Å²) in [5.74, 6) is 0.404. The monoisotopic (exact) mass is 344 g/mol. The van der Waals surface area contributed by atoms with Crippen molar-refractivity contribution in [2.45, 2.75) is 13.3 Å². The molecule has 1 aromatic heterocycles. The van der Waals surface area contributed by atoms with Crippen LogP contribution < -0.4 is 10.1 Å². The molecule has 25 heavy (non-hydrogen) atoms. The third-order valence-electron chi connectivity index (χ3n) is 4.13. The van der Waals surface area contributed by atoms with Gasteiger partial charge in [0.1, 0.15) is 5.82 Å². The molecule has 2 amide bonds. The van der Waals surface area contributed by atoms with Crippen LogP contribution in [0.5, 0.6) is 5.88 Å². The van der Waals surface area contributed by atoms with E-state index in [0.29, 0.717) is 36.8 Å². The van der Waals surface area contributed by atoms with E-state index < -0.39 is 0 Å². The molecule has 6 nitrogen and oxygen atoms in total. The molecule has 1 N–H and O–H groups in total. The van der Waals surface area contributed by atoms with Crippen molar-refractivity contribution in [2.75, 3.05) is 26.2 Å². The van der Waals surface area contributed by atoms with Crippen LogP contribution in [0.15, 0.2) is 36.4 Å². The van der Waals surface area contributed by atoms with Gasteiger partial charge in [-0.3, -0.25) is 0 Å². The quantitative estimate of drug-likeness (QED) is 0.906. The Balaban J connectivity index is 1.52. The van der Waals surface area contributed by atoms with Gasteiger partial charge in [-0.05, 0) is 31.5 Å². The molecule has 1 aliphatic heterocycles. The van der Waals surface area contributed by atoms with Crippen molar-refractivity contribution >= 4 is 6.03 Å². The fraction of sp³-hybridized carbons (Fsp3) is 0.389. The Labute approximate surface area is 146 Å². The van der Waals surface area contributed by atoms with E-state index in [1.54, 1.807) is 29.2 Å². The van der Waals surface area contributed by atoms with Gasteiger partial charge in [-0.2, -0.15) is 0 Å². The molecule has 1 aromatic carbocycles. The van der Waals surface area contributed by atoms with Crippen molar-refractivity contribution in [1.82, 2.24) is 20.4 Å². The molecule has 0 bridgehead atoms. The molecule has 1 fully saturated rings. The maximum atomic E-state index is 13.3. The summed E-state index contributed by atoms with van der Waals surface area (Å²) in [6, 6.07) is 9.68. The van der Waals surface area contributed by atoms with Crippen molar-refractivity contribution in [3.05, 3.63) is 42.2 Å². The van der Waals surface area contributed by atoms with E-state index in [0.717, 1.165) is 13.0 Å². The van der Waals surface area contributed by atoms with Crippen LogP contribution in [0.3, 0.4) is 0 Å². The first-order chi connectivity index (χ1) is 12.2. The molecule has 132 valence electrons. The molecule has 7 heteroatoms. The third kappa shape index (κ3) is 4.43. The van der Waals surface area contributed by atoms with E-state index in [1.807, 2.05) is 6.92 Å². The number of likely N-dealkylation sites (tertiary alicyclic amines) is 1. The van der Waals surface area contributed by atoms with E-state index in [9.17, 15) is 9.18 Å². The minimum Gasteiger partial charge on any atom is -0.476 e. The first-order valence-electron chi connectivity index (χ1n) is 8.41. The second kappa shape index (κ2) is 7.92. The highest BCUT2D eigenvalue weighted by Crippen LogP contribution is 2.20. The summed E-state index contributed by atoms with van der Waals surface area (Å²) in [6.45, 7) is 4.44. The summed E-state index contributed by atoms with van der Waals surface area (Å²) in [4.78, 5) is 13.6. The Morgan fingerprint density at radius 1 is 1.36 bits per heavy atom. The van der Waals surface area contributed by atoms with Gasteiger partial charge in [0.2, 0.25) is 5.88 Å². The summed E-state index contributed by atoms with van der Waals surface area (Å²) in [6.07, 6.45) is 0.909. The predicted octanol–water partition coefficient (Wildman–Crippen LogP) is 2.71. The van der Waals surface area contributed by atoms with Crippen LogP contribution in [0.2, 0.25) is 0 Å². The largest absolute Gasteiger partial charge is 0.476 e. The van der Waals surface area contributed by atoms with Crippen LogP contribution in [-0.4, -0.2) is 47.4 Å². The lowest BCUT2D eigenvalue weighted by atomic mass is 10.1. The summed E-state index contributed by atoms with van der Waals surface area (Å²) < 4.78 is 18.9. The van der Waals surface area contributed by atoms with E-state index >= 15 is 0 Å². The lowest BCUT2D eigenvalue weighted by Gasteiger charge is -2.16. The molecular weight excluding hydrogens is 323 g/mol. The number of carbonyl (C=O) groups is 1. The van der Waals surface area contributed by atoms with Gasteiger partial charge < -0.3 is 15.0 Å². The molecule has 0 aliphatic carbocycles. The van der Waals surface area contributed by atoms with Gasteiger partial charge in [0.25, 0.3) is 0 Å². The molecule has 1 atom stereocenters. The first kappa shape index (κ1) is 17.1. The van der Waals surface area contributed by atoms with Crippen LogP contribution in [0.1, 0.15) is 13.3 Å². The highest BCUT2D eigenvalue weighted by Gasteiger charge is 2.26. The van der Waals surface area contributed by atoms with Gasteiger partial charge in [0.05, 0.1) is 12.3 Å². The molecular formula is C18H21FN4O2. The second-order valence-corrected chi connectivity index (χ2v) is 6.01. The number of ether oxygens (including phenoxy) is 1. The maximum Gasteiger partial charge on any atom is 0.317 e. The van der Waals surface area contributed by atoms with Gasteiger partial charge in [-0.15, -0.1) is 10.2 Å². The summed E-state index contributed by atoms with van der Waals surface area (Å²) in [5.41, 5.74) is 1.27. The molecule has 1 saturated heterocycles. The van der Waals surface area contributed by atoms with Crippen molar-refractivity contribution < 1.29 is 13.9 Å². The van der Waals surface area contributed by atoms with Crippen LogP contribution in [0.4, 0.5) is 9.18 Å². The Bertz CT molecular complexity index is 723. The molecule has 0 saturated carbocycles. The second-order valence-electron chi connectivity index (χ2n) is 6.01. The Kier molecular flexibility index (Phi) is 5.42. The molecule has 1 unspecified atom stereocenters. The van der Waals surface area contributed by atoms with Crippen LogP contribution in [0, 0.1) is 11.7 Å². The maximum absolute atomic E-state index is 13.3. The summed E-state index contributed by atoms with van der Waals surface area (Å²) in [5, 5.41) is 10.9. The molecule has 3 rings (SSSR count). The number of rotatable bonds is 5. The highest BCUT2D eigenvalue weighted by molar-refractivity contribution is 5.74. The zero-order chi connectivity index (χ0) is 17.6. The lowest BCUT2D eigenvalue weighted by Crippen LogP contribution is -2.38. The number of amides is 2. The SMILES string of the molecule is CCNC(=O)N1CCC(COc2ccc(-c3cccc(F)c3)nn2)C1. The number of halogens is 1. The topological polar surface area (TPSA) is 67.4 Å². The minimum atomic E-state index is -0.308. The lowest BCUT2D eigenvalue weighted by molar-refractivity contribution is 0.201. The Morgan fingerprint density at radius 2 is 2.24 bits per heavy atom. The minimum absolute atomic E-state index is 0.0239. The van der Waals surface area contributed by atoms with Gasteiger partial charge in [0, 0.05) is 37.2 Å². The third-order valence-corrected chi connectivity index (χ3v) is 4.13. The van der Waals surface area contributed by atoms with Gasteiger partial charge >= 0.3 is 6.03 Å². The number of aromatic nitrogens is 2. The smallest absolute Gasteiger partial charge is 0.317 e. The van der Waals surface area contributed by atoms with E-state index in [-0.39, 0.29) is 17.8 Å². The number of carbonyl (C=O) groups excluding carboxylic acids is 1. The van der Waals surface area contributed by atoms with Gasteiger partial charge in [-0.1, -0.05) is 12.1 Å². The van der Waals surface area contributed by atoms with Gasteiger partial charge in [-0.25, -0.2) is 9.18 Å². The van der Waals surface area contributed by atoms with E-state index in [1.165, 1.54) is 12.1 Å². The van der Waals surface area contributed by atoms with Crippen LogP contribution in [0.25, 0.3) is 11.3 Å². The molecule has 2 heterocycles. The van der Waals surface area contributed by atoms with Crippen molar-refractivity contribution in [1.29, 1.82) is 0 Å². The van der Waals surface area contributed by atoms with E-state index in [4.69, 9.17) is 4.74 Å². The normalized spacial score (nSPS) is 16.7. The molecule has 1 aliphatic rings. The van der Waals surface area contributed by atoms with Crippen molar-refractivity contribution in [3.8, 4) is 17.1 Å². The van der Waals surface area contributed by atoms with Crippen LogP contribution in [-0.2, 0) is 0 Å². The molecule has 0 radical (unpaired) electrons. The fourth-order valence-corrected chi connectivity index (χ4v) is 2.82. The molecule has 0 spiro atoms. The molecule has 2 aromatic rings. The average Bonchev–Trinajstić information content (AvgIpc) is 3.10. The average molecular weight is 344 g/mol. The Hall–Kier alpha value is -2.70.